The molecule has 0 amide bonds. The van der Waals surface area contributed by atoms with E-state index in [1.807, 2.05) is 13.8 Å². The van der Waals surface area contributed by atoms with Crippen molar-refractivity contribution in [2.75, 3.05) is 0 Å². The minimum atomic E-state index is -1.38. The molecule has 1 heterocycles. The number of H-pyrrole nitrogens is 1. The Morgan fingerprint density at radius 1 is 1.24 bits per heavy atom. The van der Waals surface area contributed by atoms with Crippen LogP contribution in [0.2, 0.25) is 0 Å². The van der Waals surface area contributed by atoms with Crippen molar-refractivity contribution >= 4 is 5.78 Å². The zero-order valence-electron chi connectivity index (χ0n) is 14.5. The van der Waals surface area contributed by atoms with Crippen LogP contribution in [-0.2, 0) is 11.3 Å². The van der Waals surface area contributed by atoms with Gasteiger partial charge < -0.3 is 5.11 Å². The van der Waals surface area contributed by atoms with Gasteiger partial charge in [-0.2, -0.15) is 0 Å². The number of nitrogens with zero attached hydrogens (tertiary/aromatic N) is 1. The molecule has 0 unspecified atom stereocenters. The summed E-state index contributed by atoms with van der Waals surface area (Å²) in [7, 11) is 0. The number of Topliss-reactive ketones (excluding diaryl/α,β-unsaturated/α-hetero) is 1. The van der Waals surface area contributed by atoms with E-state index < -0.39 is 22.3 Å². The van der Waals surface area contributed by atoms with Gasteiger partial charge in [-0.25, -0.2) is 4.79 Å². The van der Waals surface area contributed by atoms with E-state index >= 15 is 0 Å². The van der Waals surface area contributed by atoms with E-state index in [4.69, 9.17) is 0 Å². The van der Waals surface area contributed by atoms with Gasteiger partial charge >= 0.3 is 5.69 Å². The van der Waals surface area contributed by atoms with Crippen molar-refractivity contribution in [1.82, 2.24) is 9.55 Å². The quantitative estimate of drug-likeness (QED) is 0.847. The van der Waals surface area contributed by atoms with Crippen LogP contribution in [-0.4, -0.2) is 26.0 Å². The highest BCUT2D eigenvalue weighted by molar-refractivity contribution is 6.10. The van der Waals surface area contributed by atoms with Crippen molar-refractivity contribution in [3.8, 4) is 0 Å². The van der Waals surface area contributed by atoms with Crippen LogP contribution in [0.25, 0.3) is 0 Å². The average molecular weight is 340 g/mol. The molecule has 3 aliphatic carbocycles. The van der Waals surface area contributed by atoms with Crippen molar-refractivity contribution in [2.24, 2.45) is 5.41 Å². The largest absolute Gasteiger partial charge is 0.381 e. The van der Waals surface area contributed by atoms with Gasteiger partial charge in [0.05, 0.1) is 6.54 Å². The number of ketones is 1. The molecule has 0 radical (unpaired) electrons. The fourth-order valence-electron chi connectivity index (χ4n) is 4.36. The molecule has 25 heavy (non-hydrogen) atoms. The maximum Gasteiger partial charge on any atom is 0.328 e. The Kier molecular flexibility index (Phi) is 3.07. The third kappa shape index (κ3) is 1.97. The molecule has 1 spiro atoms. The van der Waals surface area contributed by atoms with E-state index in [9.17, 15) is 19.5 Å². The van der Waals surface area contributed by atoms with E-state index in [0.717, 1.165) is 35.1 Å². The van der Waals surface area contributed by atoms with E-state index in [-0.39, 0.29) is 12.3 Å². The summed E-state index contributed by atoms with van der Waals surface area (Å²) in [5, 5.41) is 10.8. The lowest BCUT2D eigenvalue weighted by Gasteiger charge is -2.39. The monoisotopic (exact) mass is 340 g/mol. The van der Waals surface area contributed by atoms with Crippen LogP contribution in [0.15, 0.2) is 55.8 Å². The maximum atomic E-state index is 12.9. The molecule has 3 aliphatic rings. The highest BCUT2D eigenvalue weighted by Crippen LogP contribution is 2.64. The summed E-state index contributed by atoms with van der Waals surface area (Å²) in [4.78, 5) is 38.4. The normalized spacial score (nSPS) is 27.0. The molecule has 0 saturated heterocycles. The van der Waals surface area contributed by atoms with Crippen LogP contribution in [0.4, 0.5) is 0 Å². The minimum Gasteiger partial charge on any atom is -0.381 e. The summed E-state index contributed by atoms with van der Waals surface area (Å²) in [5.74, 6) is -0.242. The zero-order chi connectivity index (χ0) is 18.1. The zero-order valence-corrected chi connectivity index (χ0v) is 14.5. The third-order valence-corrected chi connectivity index (χ3v) is 6.09. The molecule has 1 saturated carbocycles. The van der Waals surface area contributed by atoms with Crippen molar-refractivity contribution in [2.45, 2.75) is 45.8 Å². The van der Waals surface area contributed by atoms with Gasteiger partial charge in [0.25, 0.3) is 5.56 Å². The lowest BCUT2D eigenvalue weighted by atomic mass is 9.67. The van der Waals surface area contributed by atoms with E-state index in [0.29, 0.717) is 5.57 Å². The van der Waals surface area contributed by atoms with Crippen molar-refractivity contribution in [3.63, 3.8) is 0 Å². The highest BCUT2D eigenvalue weighted by atomic mass is 16.3. The highest BCUT2D eigenvalue weighted by Gasteiger charge is 2.65. The number of aromatic nitrogens is 2. The van der Waals surface area contributed by atoms with E-state index in [1.54, 1.807) is 13.0 Å². The Hall–Kier alpha value is -2.47. The van der Waals surface area contributed by atoms with Gasteiger partial charge in [0.1, 0.15) is 5.60 Å². The summed E-state index contributed by atoms with van der Waals surface area (Å²) < 4.78 is 1.42. The number of hydrogen-bond donors (Lipinski definition) is 2. The predicted octanol–water partition coefficient (Wildman–Crippen LogP) is 1.22. The van der Waals surface area contributed by atoms with Gasteiger partial charge in [-0.15, -0.1) is 0 Å². The van der Waals surface area contributed by atoms with Gasteiger partial charge in [0.2, 0.25) is 0 Å². The molecule has 130 valence electrons. The molecule has 1 atom stereocenters. The van der Waals surface area contributed by atoms with Crippen molar-refractivity contribution in [1.29, 1.82) is 0 Å². The Balaban J connectivity index is 1.84. The van der Waals surface area contributed by atoms with Crippen LogP contribution >= 0.6 is 0 Å². The first-order chi connectivity index (χ1) is 11.7. The summed E-state index contributed by atoms with van der Waals surface area (Å²) >= 11 is 0. The Bertz CT molecular complexity index is 1030. The average Bonchev–Trinajstić information content (AvgIpc) is 3.29. The second kappa shape index (κ2) is 4.79. The number of allylic oxidation sites excluding steroid dienone is 4. The number of rotatable bonds is 2. The molecule has 0 aromatic carbocycles. The molecule has 0 bridgehead atoms. The number of carbonyl (C=O) groups is 1. The van der Waals surface area contributed by atoms with Crippen LogP contribution in [0.5, 0.6) is 0 Å². The fraction of sp³-hybridized carbons (Fsp3) is 0.421. The maximum absolute atomic E-state index is 12.9. The van der Waals surface area contributed by atoms with Gasteiger partial charge in [0, 0.05) is 23.3 Å². The van der Waals surface area contributed by atoms with Crippen LogP contribution in [0.3, 0.4) is 0 Å². The lowest BCUT2D eigenvalue weighted by Crippen LogP contribution is -2.49. The van der Waals surface area contributed by atoms with Gasteiger partial charge in [-0.05, 0) is 56.4 Å². The summed E-state index contributed by atoms with van der Waals surface area (Å²) in [6.45, 7) is 5.77. The molecule has 1 aromatic heterocycles. The Morgan fingerprint density at radius 3 is 2.52 bits per heavy atom. The lowest BCUT2D eigenvalue weighted by molar-refractivity contribution is -0.137. The first-order valence-corrected chi connectivity index (χ1v) is 8.39. The fourth-order valence-corrected chi connectivity index (χ4v) is 4.36. The SMILES string of the molecule is CC1=C(Cn2ccc(=O)[nH]c2=O)C2=C(C)C3(CC3)[C@@](C)(O)C(=O)C2=C1. The van der Waals surface area contributed by atoms with Gasteiger partial charge in [-0.1, -0.05) is 5.57 Å². The van der Waals surface area contributed by atoms with Gasteiger partial charge in [-0.3, -0.25) is 19.1 Å². The topological polar surface area (TPSA) is 92.2 Å². The summed E-state index contributed by atoms with van der Waals surface area (Å²) in [5.41, 5.74) is 1.45. The van der Waals surface area contributed by atoms with Crippen molar-refractivity contribution in [3.05, 3.63) is 67.0 Å². The van der Waals surface area contributed by atoms with Crippen LogP contribution in [0, 0.1) is 5.41 Å². The van der Waals surface area contributed by atoms with E-state index in [2.05, 4.69) is 4.98 Å². The standard InChI is InChI=1S/C19H20N2O4/c1-10-8-12-15(11(2)19(5-6-19)18(3,25)16(12)23)13(10)9-21-7-4-14(22)20-17(21)24/h4,7-8,25H,5-6,9H2,1-3H3,(H,20,22,24)/t18-/m0/s1. The molecule has 0 aliphatic heterocycles. The Morgan fingerprint density at radius 2 is 1.92 bits per heavy atom. The molecular formula is C19H20N2O4. The summed E-state index contributed by atoms with van der Waals surface area (Å²) in [6, 6.07) is 1.31. The second-order valence-corrected chi connectivity index (χ2v) is 7.44. The number of aromatic amines is 1. The molecule has 4 rings (SSSR count). The molecule has 1 aromatic rings. The van der Waals surface area contributed by atoms with Crippen molar-refractivity contribution < 1.29 is 9.90 Å². The smallest absolute Gasteiger partial charge is 0.328 e. The first-order valence-electron chi connectivity index (χ1n) is 8.39. The number of hydrogen-bond acceptors (Lipinski definition) is 4. The Labute approximate surface area is 144 Å². The van der Waals surface area contributed by atoms with E-state index in [1.165, 1.54) is 16.8 Å². The summed E-state index contributed by atoms with van der Waals surface area (Å²) in [6.07, 6.45) is 4.85. The second-order valence-electron chi connectivity index (χ2n) is 7.44. The molecule has 6 heteroatoms. The van der Waals surface area contributed by atoms with Crippen LogP contribution < -0.4 is 11.2 Å². The van der Waals surface area contributed by atoms with Crippen LogP contribution in [0.1, 0.15) is 33.6 Å². The first kappa shape index (κ1) is 16.0. The number of aliphatic hydroxyl groups is 1. The third-order valence-electron chi connectivity index (χ3n) is 6.09. The number of nitrogens with one attached hydrogen (secondary N) is 1. The number of carbonyl (C=O) groups excluding carboxylic acids is 1. The molecule has 1 fully saturated rings. The molecule has 6 nitrogen and oxygen atoms in total. The minimum absolute atomic E-state index is 0.242. The molecular weight excluding hydrogens is 320 g/mol. The predicted molar refractivity (Wildman–Crippen MR) is 92.1 cm³/mol. The van der Waals surface area contributed by atoms with Gasteiger partial charge in [0.15, 0.2) is 5.78 Å². The number of fused-ring (bicyclic) bond motifs is 1. The molecule has 2 N–H and O–H groups in total.